The number of thiazole rings is 1. The number of nitrogens with one attached hydrogen (secondary N) is 1. The lowest BCUT2D eigenvalue weighted by Crippen LogP contribution is -2.11. The number of amides is 1. The van der Waals surface area contributed by atoms with Crippen molar-refractivity contribution in [1.82, 2.24) is 15.2 Å². The zero-order valence-corrected chi connectivity index (χ0v) is 16.0. The second-order valence-corrected chi connectivity index (χ2v) is 7.73. The van der Waals surface area contributed by atoms with E-state index in [0.29, 0.717) is 15.7 Å². The summed E-state index contributed by atoms with van der Waals surface area (Å²) in [5, 5.41) is 13.1. The van der Waals surface area contributed by atoms with Gasteiger partial charge in [0, 0.05) is 11.5 Å². The molecule has 0 aliphatic carbocycles. The quantitative estimate of drug-likeness (QED) is 0.718. The first-order valence-electron chi connectivity index (χ1n) is 7.74. The molecule has 0 spiro atoms. The Morgan fingerprint density at radius 2 is 2.04 bits per heavy atom. The van der Waals surface area contributed by atoms with Gasteiger partial charge in [0.25, 0.3) is 5.91 Å². The molecule has 6 nitrogen and oxygen atoms in total. The fourth-order valence-electron chi connectivity index (χ4n) is 2.16. The fraction of sp³-hybridized carbons (Fsp3) is 0.294. The molecule has 2 heterocycles. The number of ether oxygens (including phenoxy) is 1. The molecule has 1 amide bonds. The SMILES string of the molecule is COc1cccc(-c2nc(C)c(C(=O)Nc3nnc(C(C)C)s3)s2)c1. The molecule has 3 aromatic rings. The van der Waals surface area contributed by atoms with Crippen LogP contribution in [-0.4, -0.2) is 28.2 Å². The van der Waals surface area contributed by atoms with Crippen LogP contribution in [0.25, 0.3) is 10.6 Å². The summed E-state index contributed by atoms with van der Waals surface area (Å²) in [6, 6.07) is 7.63. The van der Waals surface area contributed by atoms with Crippen LogP contribution in [0.2, 0.25) is 0 Å². The molecule has 0 bridgehead atoms. The minimum atomic E-state index is -0.212. The summed E-state index contributed by atoms with van der Waals surface area (Å²) in [5.74, 6) is 0.829. The van der Waals surface area contributed by atoms with Crippen LogP contribution in [0.1, 0.15) is 40.1 Å². The summed E-state index contributed by atoms with van der Waals surface area (Å²) in [6.07, 6.45) is 0. The van der Waals surface area contributed by atoms with Crippen LogP contribution in [0.15, 0.2) is 24.3 Å². The highest BCUT2D eigenvalue weighted by atomic mass is 32.1. The second-order valence-electron chi connectivity index (χ2n) is 5.72. The lowest BCUT2D eigenvalue weighted by molar-refractivity contribution is 0.102. The van der Waals surface area contributed by atoms with Gasteiger partial charge in [-0.05, 0) is 19.1 Å². The van der Waals surface area contributed by atoms with Gasteiger partial charge in [0.05, 0.1) is 12.8 Å². The zero-order valence-electron chi connectivity index (χ0n) is 14.4. The highest BCUT2D eigenvalue weighted by molar-refractivity contribution is 7.17. The highest BCUT2D eigenvalue weighted by Crippen LogP contribution is 2.31. The van der Waals surface area contributed by atoms with Gasteiger partial charge in [0.2, 0.25) is 5.13 Å². The number of rotatable bonds is 5. The minimum absolute atomic E-state index is 0.212. The van der Waals surface area contributed by atoms with Gasteiger partial charge in [0.1, 0.15) is 20.6 Å². The monoisotopic (exact) mass is 374 g/mol. The fourth-order valence-corrected chi connectivity index (χ4v) is 3.86. The Balaban J connectivity index is 1.82. The largest absolute Gasteiger partial charge is 0.497 e. The summed E-state index contributed by atoms with van der Waals surface area (Å²) < 4.78 is 5.25. The molecule has 0 aliphatic rings. The van der Waals surface area contributed by atoms with Crippen LogP contribution < -0.4 is 10.1 Å². The van der Waals surface area contributed by atoms with Crippen molar-refractivity contribution in [3.63, 3.8) is 0 Å². The lowest BCUT2D eigenvalue weighted by Gasteiger charge is -2.01. The number of methoxy groups -OCH3 is 1. The van der Waals surface area contributed by atoms with Crippen molar-refractivity contribution in [3.05, 3.63) is 39.8 Å². The third kappa shape index (κ3) is 3.85. The Hall–Kier alpha value is -2.32. The number of aromatic nitrogens is 3. The predicted octanol–water partition coefficient (Wildman–Crippen LogP) is 4.35. The predicted molar refractivity (Wildman–Crippen MR) is 101 cm³/mol. The Bertz CT molecular complexity index is 902. The molecule has 8 heteroatoms. The van der Waals surface area contributed by atoms with E-state index in [0.717, 1.165) is 21.3 Å². The molecule has 0 atom stereocenters. The average molecular weight is 374 g/mol. The van der Waals surface area contributed by atoms with E-state index >= 15 is 0 Å². The van der Waals surface area contributed by atoms with E-state index < -0.39 is 0 Å². The van der Waals surface area contributed by atoms with Crippen LogP contribution in [0, 0.1) is 6.92 Å². The van der Waals surface area contributed by atoms with E-state index in [-0.39, 0.29) is 11.8 Å². The van der Waals surface area contributed by atoms with Crippen LogP contribution >= 0.6 is 22.7 Å². The van der Waals surface area contributed by atoms with Crippen molar-refractivity contribution in [2.75, 3.05) is 12.4 Å². The van der Waals surface area contributed by atoms with E-state index in [4.69, 9.17) is 4.74 Å². The van der Waals surface area contributed by atoms with Gasteiger partial charge >= 0.3 is 0 Å². The number of hydrogen-bond acceptors (Lipinski definition) is 7. The molecular weight excluding hydrogens is 356 g/mol. The third-order valence-corrected chi connectivity index (χ3v) is 5.82. The first kappa shape index (κ1) is 17.5. The lowest BCUT2D eigenvalue weighted by atomic mass is 10.2. The number of hydrogen-bond donors (Lipinski definition) is 1. The molecule has 0 saturated heterocycles. The maximum atomic E-state index is 12.6. The average Bonchev–Trinajstić information content (AvgIpc) is 3.21. The molecule has 0 unspecified atom stereocenters. The minimum Gasteiger partial charge on any atom is -0.497 e. The first-order valence-corrected chi connectivity index (χ1v) is 9.38. The van der Waals surface area contributed by atoms with Gasteiger partial charge in [-0.15, -0.1) is 21.5 Å². The Morgan fingerprint density at radius 3 is 2.72 bits per heavy atom. The van der Waals surface area contributed by atoms with Crippen molar-refractivity contribution in [1.29, 1.82) is 0 Å². The molecule has 3 rings (SSSR count). The number of benzene rings is 1. The number of aryl methyl sites for hydroxylation is 1. The molecule has 0 aliphatic heterocycles. The number of carbonyl (C=O) groups excluding carboxylic acids is 1. The zero-order chi connectivity index (χ0) is 18.0. The van der Waals surface area contributed by atoms with E-state index in [1.807, 2.05) is 45.0 Å². The van der Waals surface area contributed by atoms with Crippen LogP contribution in [0.4, 0.5) is 5.13 Å². The van der Waals surface area contributed by atoms with Crippen molar-refractivity contribution < 1.29 is 9.53 Å². The summed E-state index contributed by atoms with van der Waals surface area (Å²) in [6.45, 7) is 5.91. The smallest absolute Gasteiger partial charge is 0.269 e. The number of nitrogens with zero attached hydrogens (tertiary/aromatic N) is 3. The van der Waals surface area contributed by atoms with E-state index in [1.165, 1.54) is 22.7 Å². The van der Waals surface area contributed by atoms with E-state index in [2.05, 4.69) is 20.5 Å². The molecule has 1 N–H and O–H groups in total. The van der Waals surface area contributed by atoms with Crippen molar-refractivity contribution in [3.8, 4) is 16.3 Å². The molecule has 2 aromatic heterocycles. The third-order valence-electron chi connectivity index (χ3n) is 3.47. The van der Waals surface area contributed by atoms with Crippen LogP contribution in [0.5, 0.6) is 5.75 Å². The first-order chi connectivity index (χ1) is 12.0. The Kier molecular flexibility index (Phi) is 5.10. The summed E-state index contributed by atoms with van der Waals surface area (Å²) in [7, 11) is 1.62. The van der Waals surface area contributed by atoms with Gasteiger partial charge in [-0.3, -0.25) is 10.1 Å². The molecule has 1 aromatic carbocycles. The van der Waals surface area contributed by atoms with Crippen molar-refractivity contribution in [2.45, 2.75) is 26.7 Å². The van der Waals surface area contributed by atoms with Crippen molar-refractivity contribution >= 4 is 33.7 Å². The Morgan fingerprint density at radius 1 is 1.24 bits per heavy atom. The van der Waals surface area contributed by atoms with Gasteiger partial charge in [0.15, 0.2) is 0 Å². The van der Waals surface area contributed by atoms with Crippen LogP contribution in [-0.2, 0) is 0 Å². The summed E-state index contributed by atoms with van der Waals surface area (Å²) in [4.78, 5) is 17.6. The standard InChI is InChI=1S/C17H18N4O2S2/c1-9(2)15-20-21-17(25-15)19-14(22)13-10(3)18-16(24-13)11-6-5-7-12(8-11)23-4/h5-9H,1-4H3,(H,19,21,22). The second kappa shape index (κ2) is 7.28. The van der Waals surface area contributed by atoms with E-state index in [9.17, 15) is 4.79 Å². The Labute approximate surface area is 153 Å². The maximum Gasteiger partial charge on any atom is 0.269 e. The number of carbonyl (C=O) groups is 1. The molecule has 0 radical (unpaired) electrons. The molecular formula is C17H18N4O2S2. The van der Waals surface area contributed by atoms with Gasteiger partial charge in [-0.1, -0.05) is 37.3 Å². The summed E-state index contributed by atoms with van der Waals surface area (Å²) >= 11 is 2.74. The maximum absolute atomic E-state index is 12.6. The molecule has 25 heavy (non-hydrogen) atoms. The number of anilines is 1. The van der Waals surface area contributed by atoms with Gasteiger partial charge < -0.3 is 4.74 Å². The topological polar surface area (TPSA) is 77.0 Å². The van der Waals surface area contributed by atoms with Crippen molar-refractivity contribution in [2.24, 2.45) is 0 Å². The van der Waals surface area contributed by atoms with Gasteiger partial charge in [-0.2, -0.15) is 0 Å². The molecule has 0 fully saturated rings. The van der Waals surface area contributed by atoms with E-state index in [1.54, 1.807) is 7.11 Å². The molecule has 0 saturated carbocycles. The highest BCUT2D eigenvalue weighted by Gasteiger charge is 2.18. The molecule has 130 valence electrons. The van der Waals surface area contributed by atoms with Gasteiger partial charge in [-0.25, -0.2) is 4.98 Å². The summed E-state index contributed by atoms with van der Waals surface area (Å²) in [5.41, 5.74) is 1.61. The van der Waals surface area contributed by atoms with Crippen LogP contribution in [0.3, 0.4) is 0 Å². The normalized spacial score (nSPS) is 10.9.